The number of carbonyl (C=O) groups is 1. The van der Waals surface area contributed by atoms with Crippen LogP contribution in [-0.2, 0) is 0 Å². The predicted octanol–water partition coefficient (Wildman–Crippen LogP) is 4.94. The van der Waals surface area contributed by atoms with Gasteiger partial charge in [-0.15, -0.1) is 12.4 Å². The van der Waals surface area contributed by atoms with Gasteiger partial charge < -0.3 is 14.2 Å². The monoisotopic (exact) mass is 402 g/mol. The van der Waals surface area contributed by atoms with Gasteiger partial charge in [0.05, 0.1) is 6.04 Å². The van der Waals surface area contributed by atoms with E-state index in [1.807, 2.05) is 51.1 Å². The van der Waals surface area contributed by atoms with E-state index in [4.69, 9.17) is 8.83 Å². The molecule has 6 heteroatoms. The summed E-state index contributed by atoms with van der Waals surface area (Å²) in [5.74, 6) is 2.02. The number of hydrogen-bond acceptors (Lipinski definition) is 4. The van der Waals surface area contributed by atoms with Gasteiger partial charge in [0.15, 0.2) is 5.76 Å². The number of aryl methyl sites for hydroxylation is 3. The molecule has 0 spiro atoms. The lowest BCUT2D eigenvalue weighted by molar-refractivity contribution is 0.0907. The second-order valence-corrected chi connectivity index (χ2v) is 7.47. The van der Waals surface area contributed by atoms with Gasteiger partial charge in [-0.25, -0.2) is 0 Å². The Morgan fingerprint density at radius 1 is 1.11 bits per heavy atom. The van der Waals surface area contributed by atoms with Crippen molar-refractivity contribution in [1.82, 2.24) is 10.2 Å². The molecule has 1 saturated heterocycles. The Bertz CT molecular complexity index is 969. The van der Waals surface area contributed by atoms with E-state index in [-0.39, 0.29) is 24.4 Å². The number of furan rings is 2. The fraction of sp³-hybridized carbons (Fsp3) is 0.409. The van der Waals surface area contributed by atoms with Crippen molar-refractivity contribution in [3.63, 3.8) is 0 Å². The van der Waals surface area contributed by atoms with Crippen LogP contribution in [0.5, 0.6) is 0 Å². The molecule has 1 amide bonds. The normalized spacial score (nSPS) is 15.5. The zero-order chi connectivity index (χ0) is 19.0. The minimum atomic E-state index is -0.172. The number of nitrogens with zero attached hydrogens (tertiary/aromatic N) is 1. The molecule has 1 unspecified atom stereocenters. The number of halogens is 1. The van der Waals surface area contributed by atoms with E-state index in [0.29, 0.717) is 12.3 Å². The van der Waals surface area contributed by atoms with Crippen molar-refractivity contribution >= 4 is 29.3 Å². The lowest BCUT2D eigenvalue weighted by atomic mass is 10.1. The smallest absolute Gasteiger partial charge is 0.287 e. The highest BCUT2D eigenvalue weighted by Gasteiger charge is 2.27. The summed E-state index contributed by atoms with van der Waals surface area (Å²) in [6, 6.07) is 10.1. The molecule has 1 aliphatic heterocycles. The second kappa shape index (κ2) is 8.41. The lowest BCUT2D eigenvalue weighted by Crippen LogP contribution is -2.36. The molecule has 3 heterocycles. The molecule has 1 atom stereocenters. The van der Waals surface area contributed by atoms with Crippen LogP contribution < -0.4 is 5.32 Å². The fourth-order valence-electron chi connectivity index (χ4n) is 3.91. The molecule has 150 valence electrons. The second-order valence-electron chi connectivity index (χ2n) is 7.47. The van der Waals surface area contributed by atoms with E-state index >= 15 is 0 Å². The van der Waals surface area contributed by atoms with Gasteiger partial charge in [0.2, 0.25) is 0 Å². The molecule has 4 rings (SSSR count). The molecule has 0 saturated carbocycles. The number of hydrogen-bond donors (Lipinski definition) is 1. The Morgan fingerprint density at radius 2 is 1.86 bits per heavy atom. The summed E-state index contributed by atoms with van der Waals surface area (Å²) in [6.07, 6.45) is 2.37. The lowest BCUT2D eigenvalue weighted by Gasteiger charge is -2.25. The Balaban J connectivity index is 0.00000225. The van der Waals surface area contributed by atoms with Crippen LogP contribution in [0.25, 0.3) is 11.0 Å². The molecular weight excluding hydrogens is 376 g/mol. The topological polar surface area (TPSA) is 58.6 Å². The summed E-state index contributed by atoms with van der Waals surface area (Å²) >= 11 is 0. The Kier molecular flexibility index (Phi) is 6.16. The van der Waals surface area contributed by atoms with Gasteiger partial charge in [0.1, 0.15) is 17.1 Å². The van der Waals surface area contributed by atoms with Gasteiger partial charge in [0, 0.05) is 17.5 Å². The molecule has 2 aromatic heterocycles. The number of fused-ring (bicyclic) bond motifs is 1. The molecule has 1 aliphatic rings. The first-order valence-corrected chi connectivity index (χ1v) is 9.61. The van der Waals surface area contributed by atoms with Crippen molar-refractivity contribution in [2.45, 2.75) is 39.7 Å². The van der Waals surface area contributed by atoms with Crippen LogP contribution in [0.2, 0.25) is 0 Å². The summed E-state index contributed by atoms with van der Waals surface area (Å²) in [6.45, 7) is 8.46. The molecule has 0 bridgehead atoms. The maximum Gasteiger partial charge on any atom is 0.287 e. The highest BCUT2D eigenvalue weighted by molar-refractivity contribution is 5.99. The Labute approximate surface area is 171 Å². The summed E-state index contributed by atoms with van der Waals surface area (Å²) in [7, 11) is 0. The van der Waals surface area contributed by atoms with Crippen molar-refractivity contribution in [3.8, 4) is 0 Å². The van der Waals surface area contributed by atoms with Gasteiger partial charge in [-0.1, -0.05) is 12.1 Å². The Hall–Kier alpha value is -2.24. The molecule has 1 N–H and O–H groups in total. The van der Waals surface area contributed by atoms with Crippen molar-refractivity contribution < 1.29 is 13.6 Å². The molecular formula is C22H27ClN2O3. The summed E-state index contributed by atoms with van der Waals surface area (Å²) in [5, 5.41) is 4.06. The molecule has 3 aromatic rings. The first-order chi connectivity index (χ1) is 13.0. The van der Waals surface area contributed by atoms with Crippen LogP contribution >= 0.6 is 12.4 Å². The van der Waals surface area contributed by atoms with Gasteiger partial charge in [-0.05, 0) is 70.5 Å². The average Bonchev–Trinajstić information content (AvgIpc) is 3.37. The van der Waals surface area contributed by atoms with Crippen LogP contribution in [0.3, 0.4) is 0 Å². The van der Waals surface area contributed by atoms with Crippen LogP contribution in [0.1, 0.15) is 52.1 Å². The minimum absolute atomic E-state index is 0. The average molecular weight is 403 g/mol. The molecule has 0 radical (unpaired) electrons. The molecule has 1 fully saturated rings. The number of carbonyl (C=O) groups excluding carboxylic acids is 1. The van der Waals surface area contributed by atoms with Crippen LogP contribution in [-0.4, -0.2) is 30.4 Å². The van der Waals surface area contributed by atoms with Crippen LogP contribution in [0.15, 0.2) is 39.2 Å². The summed E-state index contributed by atoms with van der Waals surface area (Å²) in [4.78, 5) is 15.2. The molecule has 1 aromatic carbocycles. The summed E-state index contributed by atoms with van der Waals surface area (Å²) < 4.78 is 11.7. The summed E-state index contributed by atoms with van der Waals surface area (Å²) in [5.41, 5.74) is 2.76. The molecule has 5 nitrogen and oxygen atoms in total. The van der Waals surface area contributed by atoms with E-state index in [9.17, 15) is 4.79 Å². The molecule has 28 heavy (non-hydrogen) atoms. The van der Waals surface area contributed by atoms with Crippen molar-refractivity contribution in [2.24, 2.45) is 0 Å². The number of rotatable bonds is 5. The highest BCUT2D eigenvalue weighted by Crippen LogP contribution is 2.28. The van der Waals surface area contributed by atoms with Crippen molar-refractivity contribution in [3.05, 3.63) is 58.7 Å². The highest BCUT2D eigenvalue weighted by atomic mass is 35.5. The predicted molar refractivity (Wildman–Crippen MR) is 112 cm³/mol. The number of nitrogens with one attached hydrogen (secondary N) is 1. The van der Waals surface area contributed by atoms with Crippen molar-refractivity contribution in [1.29, 1.82) is 0 Å². The van der Waals surface area contributed by atoms with Crippen LogP contribution in [0.4, 0.5) is 0 Å². The zero-order valence-electron chi connectivity index (χ0n) is 16.6. The van der Waals surface area contributed by atoms with Gasteiger partial charge in [-0.2, -0.15) is 0 Å². The van der Waals surface area contributed by atoms with Crippen molar-refractivity contribution in [2.75, 3.05) is 19.6 Å². The minimum Gasteiger partial charge on any atom is -0.465 e. The van der Waals surface area contributed by atoms with Gasteiger partial charge in [0.25, 0.3) is 5.91 Å². The third-order valence-electron chi connectivity index (χ3n) is 5.43. The standard InChI is InChI=1S/C22H26N2O3.ClH/c1-14-6-8-17-16(3)21(27-20(17)12-14)22(25)23-13-18(24-10-4-5-11-24)19-9-7-15(2)26-19;/h6-9,12,18H,4-5,10-11,13H2,1-3H3,(H,23,25);1H. The quantitative estimate of drug-likeness (QED) is 0.656. The number of amides is 1. The third kappa shape index (κ3) is 3.96. The first kappa shape index (κ1) is 20.5. The number of benzene rings is 1. The van der Waals surface area contributed by atoms with Gasteiger partial charge in [-0.3, -0.25) is 9.69 Å². The maximum absolute atomic E-state index is 12.8. The van der Waals surface area contributed by atoms with E-state index in [1.54, 1.807) is 0 Å². The fourth-order valence-corrected chi connectivity index (χ4v) is 3.91. The maximum atomic E-state index is 12.8. The molecule has 0 aliphatic carbocycles. The Morgan fingerprint density at radius 3 is 2.54 bits per heavy atom. The number of likely N-dealkylation sites (tertiary alicyclic amines) is 1. The first-order valence-electron chi connectivity index (χ1n) is 9.61. The van der Waals surface area contributed by atoms with E-state index in [2.05, 4.69) is 10.2 Å². The SMILES string of the molecule is Cc1ccc2c(C)c(C(=O)NCC(c3ccc(C)o3)N3CCCC3)oc2c1.Cl. The zero-order valence-corrected chi connectivity index (χ0v) is 17.4. The van der Waals surface area contributed by atoms with E-state index in [0.717, 1.165) is 46.7 Å². The largest absolute Gasteiger partial charge is 0.465 e. The van der Waals surface area contributed by atoms with Gasteiger partial charge >= 0.3 is 0 Å². The van der Waals surface area contributed by atoms with Crippen LogP contribution in [0, 0.1) is 20.8 Å². The van der Waals surface area contributed by atoms with E-state index in [1.165, 1.54) is 12.8 Å². The third-order valence-corrected chi connectivity index (χ3v) is 5.43. The van der Waals surface area contributed by atoms with E-state index < -0.39 is 0 Å².